The predicted octanol–water partition coefficient (Wildman–Crippen LogP) is 1.89. The molecule has 0 bridgehead atoms. The van der Waals surface area contributed by atoms with Crippen molar-refractivity contribution in [1.29, 1.82) is 0 Å². The van der Waals surface area contributed by atoms with E-state index in [1.54, 1.807) is 6.07 Å². The van der Waals surface area contributed by atoms with Crippen molar-refractivity contribution in [2.24, 2.45) is 0 Å². The van der Waals surface area contributed by atoms with E-state index in [-0.39, 0.29) is 6.04 Å². The number of halogens is 2. The number of ether oxygens (including phenoxy) is 1. The van der Waals surface area contributed by atoms with Crippen molar-refractivity contribution >= 4 is 23.2 Å². The molecule has 2 atom stereocenters. The number of aliphatic hydroxyl groups is 1. The fourth-order valence-electron chi connectivity index (χ4n) is 1.85. The molecule has 1 fully saturated rings. The smallest absolute Gasteiger partial charge is 0.0948 e. The van der Waals surface area contributed by atoms with Crippen LogP contribution in [0.1, 0.15) is 5.56 Å². The van der Waals surface area contributed by atoms with Crippen molar-refractivity contribution in [3.63, 3.8) is 0 Å². The summed E-state index contributed by atoms with van der Waals surface area (Å²) >= 11 is 11.9. The largest absolute Gasteiger partial charge is 0.389 e. The van der Waals surface area contributed by atoms with Crippen LogP contribution in [0.15, 0.2) is 18.2 Å². The number of nitrogens with one attached hydrogen (secondary N) is 1. The molecule has 0 aliphatic carbocycles. The second kappa shape index (κ2) is 6.03. The molecule has 1 aromatic rings. The molecule has 1 aliphatic heterocycles. The van der Waals surface area contributed by atoms with Gasteiger partial charge >= 0.3 is 0 Å². The molecular formula is C12H15Cl2NO2. The topological polar surface area (TPSA) is 41.5 Å². The first-order valence-electron chi connectivity index (χ1n) is 5.60. The van der Waals surface area contributed by atoms with Gasteiger partial charge in [-0.3, -0.25) is 0 Å². The maximum Gasteiger partial charge on any atom is 0.0948 e. The van der Waals surface area contributed by atoms with Crippen LogP contribution in [0.5, 0.6) is 0 Å². The van der Waals surface area contributed by atoms with Gasteiger partial charge in [-0.25, -0.2) is 0 Å². The third-order valence-corrected chi connectivity index (χ3v) is 3.45. The van der Waals surface area contributed by atoms with Crippen LogP contribution in [0.4, 0.5) is 0 Å². The van der Waals surface area contributed by atoms with Gasteiger partial charge in [0, 0.05) is 10.0 Å². The summed E-state index contributed by atoms with van der Waals surface area (Å²) < 4.78 is 5.16. The maximum absolute atomic E-state index is 9.55. The second-order valence-electron chi connectivity index (χ2n) is 4.15. The second-order valence-corrected chi connectivity index (χ2v) is 4.99. The van der Waals surface area contributed by atoms with Crippen LogP contribution < -0.4 is 5.32 Å². The first kappa shape index (κ1) is 13.1. The monoisotopic (exact) mass is 275 g/mol. The number of hydrogen-bond donors (Lipinski definition) is 2. The van der Waals surface area contributed by atoms with Crippen molar-refractivity contribution in [2.75, 3.05) is 19.8 Å². The molecule has 0 spiro atoms. The fourth-order valence-corrected chi connectivity index (χ4v) is 2.36. The molecule has 2 unspecified atom stereocenters. The molecule has 1 aliphatic rings. The minimum Gasteiger partial charge on any atom is -0.389 e. The highest BCUT2D eigenvalue weighted by Crippen LogP contribution is 2.21. The van der Waals surface area contributed by atoms with Crippen LogP contribution in [0.25, 0.3) is 0 Å². The first-order valence-corrected chi connectivity index (χ1v) is 6.35. The Morgan fingerprint density at radius 3 is 2.82 bits per heavy atom. The zero-order chi connectivity index (χ0) is 12.3. The van der Waals surface area contributed by atoms with Crippen molar-refractivity contribution in [1.82, 2.24) is 5.32 Å². The number of aliphatic hydroxyl groups excluding tert-OH is 1. The average molecular weight is 276 g/mol. The zero-order valence-electron chi connectivity index (χ0n) is 9.33. The van der Waals surface area contributed by atoms with Crippen LogP contribution in [-0.4, -0.2) is 37.0 Å². The Kier molecular flexibility index (Phi) is 4.65. The van der Waals surface area contributed by atoms with Gasteiger partial charge < -0.3 is 15.2 Å². The average Bonchev–Trinajstić information content (AvgIpc) is 2.68. The van der Waals surface area contributed by atoms with Gasteiger partial charge in [-0.1, -0.05) is 29.3 Å². The Hall–Kier alpha value is -0.320. The maximum atomic E-state index is 9.55. The predicted molar refractivity (Wildman–Crippen MR) is 68.8 cm³/mol. The standard InChI is InChI=1S/C12H15Cl2NO2/c13-9-2-1-8(10(14)5-9)3-4-15-11-6-17-7-12(11)16/h1-2,5,11-12,15-16H,3-4,6-7H2. The molecule has 2 rings (SSSR count). The lowest BCUT2D eigenvalue weighted by Crippen LogP contribution is -2.39. The van der Waals surface area contributed by atoms with Crippen LogP contribution >= 0.6 is 23.2 Å². The SMILES string of the molecule is OC1COCC1NCCc1ccc(Cl)cc1Cl. The molecule has 1 heterocycles. The summed E-state index contributed by atoms with van der Waals surface area (Å²) in [4.78, 5) is 0. The van der Waals surface area contributed by atoms with Crippen LogP contribution in [-0.2, 0) is 11.2 Å². The quantitative estimate of drug-likeness (QED) is 0.882. The van der Waals surface area contributed by atoms with Gasteiger partial charge in [-0.15, -0.1) is 0 Å². The van der Waals surface area contributed by atoms with Gasteiger partial charge in [0.15, 0.2) is 0 Å². The van der Waals surface area contributed by atoms with Crippen LogP contribution in [0.3, 0.4) is 0 Å². The summed E-state index contributed by atoms with van der Waals surface area (Å²) in [6.07, 6.45) is 0.398. The highest BCUT2D eigenvalue weighted by molar-refractivity contribution is 6.35. The van der Waals surface area contributed by atoms with E-state index in [2.05, 4.69) is 5.32 Å². The van der Waals surface area contributed by atoms with E-state index in [4.69, 9.17) is 27.9 Å². The molecule has 0 radical (unpaired) electrons. The Bertz CT molecular complexity index is 387. The molecule has 5 heteroatoms. The van der Waals surface area contributed by atoms with E-state index in [1.165, 1.54) is 0 Å². The Morgan fingerprint density at radius 1 is 1.35 bits per heavy atom. The van der Waals surface area contributed by atoms with Gasteiger partial charge in [-0.2, -0.15) is 0 Å². The summed E-state index contributed by atoms with van der Waals surface area (Å²) in [5.74, 6) is 0. The van der Waals surface area contributed by atoms with E-state index in [0.717, 1.165) is 18.5 Å². The molecule has 3 nitrogen and oxygen atoms in total. The summed E-state index contributed by atoms with van der Waals surface area (Å²) in [7, 11) is 0. The molecule has 0 saturated carbocycles. The number of benzene rings is 1. The minimum atomic E-state index is -0.407. The van der Waals surface area contributed by atoms with Crippen LogP contribution in [0, 0.1) is 0 Å². The van der Waals surface area contributed by atoms with E-state index in [1.807, 2.05) is 12.1 Å². The summed E-state index contributed by atoms with van der Waals surface area (Å²) in [5.41, 5.74) is 1.05. The third-order valence-electron chi connectivity index (χ3n) is 2.87. The Balaban J connectivity index is 1.81. The lowest BCUT2D eigenvalue weighted by Gasteiger charge is -2.14. The molecule has 0 aromatic heterocycles. The van der Waals surface area contributed by atoms with Crippen molar-refractivity contribution in [2.45, 2.75) is 18.6 Å². The van der Waals surface area contributed by atoms with E-state index < -0.39 is 6.10 Å². The Labute approximate surface area is 111 Å². The van der Waals surface area contributed by atoms with E-state index in [9.17, 15) is 5.11 Å². The van der Waals surface area contributed by atoms with Gasteiger partial charge in [-0.05, 0) is 30.7 Å². The summed E-state index contributed by atoms with van der Waals surface area (Å²) in [6, 6.07) is 5.52. The first-order chi connectivity index (χ1) is 8.16. The van der Waals surface area contributed by atoms with Gasteiger partial charge in [0.05, 0.1) is 25.4 Å². The normalized spacial score (nSPS) is 24.2. The van der Waals surface area contributed by atoms with Crippen molar-refractivity contribution in [3.8, 4) is 0 Å². The van der Waals surface area contributed by atoms with E-state index in [0.29, 0.717) is 23.3 Å². The highest BCUT2D eigenvalue weighted by atomic mass is 35.5. The number of rotatable bonds is 4. The molecule has 17 heavy (non-hydrogen) atoms. The molecule has 94 valence electrons. The lowest BCUT2D eigenvalue weighted by atomic mass is 10.1. The van der Waals surface area contributed by atoms with Gasteiger partial charge in [0.25, 0.3) is 0 Å². The Morgan fingerprint density at radius 2 is 2.18 bits per heavy atom. The highest BCUT2D eigenvalue weighted by Gasteiger charge is 2.25. The van der Waals surface area contributed by atoms with E-state index >= 15 is 0 Å². The third kappa shape index (κ3) is 3.57. The minimum absolute atomic E-state index is 0.0288. The molecule has 1 saturated heterocycles. The van der Waals surface area contributed by atoms with Crippen molar-refractivity contribution in [3.05, 3.63) is 33.8 Å². The molecule has 0 amide bonds. The lowest BCUT2D eigenvalue weighted by molar-refractivity contribution is 0.122. The molecular weight excluding hydrogens is 261 g/mol. The molecule has 1 aromatic carbocycles. The van der Waals surface area contributed by atoms with Crippen molar-refractivity contribution < 1.29 is 9.84 Å². The van der Waals surface area contributed by atoms with Gasteiger partial charge in [0.1, 0.15) is 0 Å². The summed E-state index contributed by atoms with van der Waals surface area (Å²) in [6.45, 7) is 1.74. The molecule has 2 N–H and O–H groups in total. The number of hydrogen-bond acceptors (Lipinski definition) is 3. The fraction of sp³-hybridized carbons (Fsp3) is 0.500. The summed E-state index contributed by atoms with van der Waals surface area (Å²) in [5, 5.41) is 14.1. The van der Waals surface area contributed by atoms with Gasteiger partial charge in [0.2, 0.25) is 0 Å². The zero-order valence-corrected chi connectivity index (χ0v) is 10.8. The van der Waals surface area contributed by atoms with Crippen LogP contribution in [0.2, 0.25) is 10.0 Å².